The molecule has 3 atom stereocenters. The summed E-state index contributed by atoms with van der Waals surface area (Å²) in [5.41, 5.74) is 0. The highest BCUT2D eigenvalue weighted by Gasteiger charge is 2.48. The minimum Gasteiger partial charge on any atom is -0.303 e. The minimum absolute atomic E-state index is 0.0199. The number of phosphoric ester groups is 1. The van der Waals surface area contributed by atoms with Crippen molar-refractivity contribution in [3.05, 3.63) is 0 Å². The SMILES string of the molecule is CCCCCCCCCCCCCCOP1(=O)OC2CCC[N+](C)(C)C(C2)O1. The first-order valence-corrected chi connectivity index (χ1v) is 13.4. The maximum Gasteiger partial charge on any atom is 0.479 e. The fourth-order valence-electron chi connectivity index (χ4n) is 4.30. The van der Waals surface area contributed by atoms with Crippen LogP contribution < -0.4 is 0 Å². The van der Waals surface area contributed by atoms with Gasteiger partial charge >= 0.3 is 7.82 Å². The van der Waals surface area contributed by atoms with Crippen LogP contribution in [0.4, 0.5) is 0 Å². The predicted molar refractivity (Wildman–Crippen MR) is 115 cm³/mol. The second-order valence-corrected chi connectivity index (χ2v) is 10.9. The molecule has 2 aliphatic heterocycles. The molecule has 2 aliphatic rings. The summed E-state index contributed by atoms with van der Waals surface area (Å²) in [6, 6.07) is 0. The third kappa shape index (κ3) is 8.83. The van der Waals surface area contributed by atoms with Crippen molar-refractivity contribution >= 4 is 7.82 Å². The quantitative estimate of drug-likeness (QED) is 0.176. The van der Waals surface area contributed by atoms with E-state index >= 15 is 0 Å². The van der Waals surface area contributed by atoms with Crippen LogP contribution in [0.3, 0.4) is 0 Å². The van der Waals surface area contributed by atoms with Crippen molar-refractivity contribution in [3.63, 3.8) is 0 Å². The third-order valence-corrected chi connectivity index (χ3v) is 7.84. The topological polar surface area (TPSA) is 44.8 Å². The lowest BCUT2D eigenvalue weighted by Gasteiger charge is -2.40. The van der Waals surface area contributed by atoms with Gasteiger partial charge in [-0.05, 0) is 19.3 Å². The van der Waals surface area contributed by atoms with Crippen LogP contribution in [-0.4, -0.2) is 44.1 Å². The summed E-state index contributed by atoms with van der Waals surface area (Å²) < 4.78 is 30.9. The molecule has 0 aromatic heterocycles. The van der Waals surface area contributed by atoms with Gasteiger partial charge in [-0.15, -0.1) is 0 Å². The Labute approximate surface area is 173 Å². The van der Waals surface area contributed by atoms with Crippen molar-refractivity contribution in [2.24, 2.45) is 0 Å². The summed E-state index contributed by atoms with van der Waals surface area (Å²) in [7, 11) is 0.897. The molecule has 0 aliphatic carbocycles. The van der Waals surface area contributed by atoms with E-state index in [9.17, 15) is 4.57 Å². The van der Waals surface area contributed by atoms with Crippen LogP contribution in [0.1, 0.15) is 103 Å². The summed E-state index contributed by atoms with van der Waals surface area (Å²) in [5.74, 6) is 0. The number of likely N-dealkylation sites (tertiary alicyclic amines) is 1. The van der Waals surface area contributed by atoms with Crippen LogP contribution in [-0.2, 0) is 18.1 Å². The number of rotatable bonds is 14. The van der Waals surface area contributed by atoms with Crippen LogP contribution in [0.15, 0.2) is 0 Å². The molecule has 2 heterocycles. The van der Waals surface area contributed by atoms with E-state index in [0.29, 0.717) is 6.61 Å². The Kier molecular flexibility index (Phi) is 11.0. The molecule has 0 amide bonds. The first kappa shape index (κ1) is 24.3. The second-order valence-electron chi connectivity index (χ2n) is 9.34. The lowest BCUT2D eigenvalue weighted by Crippen LogP contribution is -2.51. The zero-order valence-corrected chi connectivity index (χ0v) is 19.6. The largest absolute Gasteiger partial charge is 0.479 e. The third-order valence-electron chi connectivity index (χ3n) is 6.28. The van der Waals surface area contributed by atoms with Crippen LogP contribution in [0.2, 0.25) is 0 Å². The van der Waals surface area contributed by atoms with Crippen molar-refractivity contribution < 1.29 is 22.6 Å². The van der Waals surface area contributed by atoms with Gasteiger partial charge in [0.15, 0.2) is 0 Å². The monoisotopic (exact) mass is 418 g/mol. The van der Waals surface area contributed by atoms with E-state index in [4.69, 9.17) is 13.6 Å². The van der Waals surface area contributed by atoms with Crippen LogP contribution in [0.5, 0.6) is 0 Å². The average molecular weight is 419 g/mol. The van der Waals surface area contributed by atoms with Gasteiger partial charge in [-0.3, -0.25) is 9.05 Å². The Morgan fingerprint density at radius 3 is 2.07 bits per heavy atom. The number of nitrogens with zero attached hydrogens (tertiary/aromatic N) is 1. The number of hydrogen-bond donors (Lipinski definition) is 0. The molecule has 0 spiro atoms. The van der Waals surface area contributed by atoms with E-state index in [1.807, 2.05) is 0 Å². The number of quaternary nitrogens is 1. The highest BCUT2D eigenvalue weighted by Crippen LogP contribution is 2.57. The summed E-state index contributed by atoms with van der Waals surface area (Å²) in [6.07, 6.45) is 18.4. The van der Waals surface area contributed by atoms with Gasteiger partial charge in [-0.2, -0.15) is 0 Å². The molecule has 0 N–H and O–H groups in total. The first-order valence-electron chi connectivity index (χ1n) is 11.9. The van der Waals surface area contributed by atoms with Crippen LogP contribution >= 0.6 is 7.82 Å². The van der Waals surface area contributed by atoms with E-state index < -0.39 is 7.82 Å². The van der Waals surface area contributed by atoms with Gasteiger partial charge in [-0.1, -0.05) is 77.6 Å². The molecule has 28 heavy (non-hydrogen) atoms. The summed E-state index contributed by atoms with van der Waals surface area (Å²) >= 11 is 0. The number of hydrogen-bond acceptors (Lipinski definition) is 4. The fourth-order valence-corrected chi connectivity index (χ4v) is 6.02. The number of unbranched alkanes of at least 4 members (excludes halogenated alkanes) is 11. The van der Waals surface area contributed by atoms with Crippen molar-refractivity contribution in [2.75, 3.05) is 27.2 Å². The van der Waals surface area contributed by atoms with Gasteiger partial charge in [0.1, 0.15) is 0 Å². The van der Waals surface area contributed by atoms with Crippen molar-refractivity contribution in [1.82, 2.24) is 0 Å². The Bertz CT molecular complexity index is 471. The van der Waals surface area contributed by atoms with Gasteiger partial charge in [-0.25, -0.2) is 9.09 Å². The minimum atomic E-state index is -3.40. The van der Waals surface area contributed by atoms with Gasteiger partial charge in [0.2, 0.25) is 6.23 Å². The molecule has 2 saturated heterocycles. The van der Waals surface area contributed by atoms with Gasteiger partial charge in [0.25, 0.3) is 0 Å². The van der Waals surface area contributed by atoms with E-state index in [-0.39, 0.29) is 12.3 Å². The van der Waals surface area contributed by atoms with Crippen molar-refractivity contribution in [1.29, 1.82) is 0 Å². The Morgan fingerprint density at radius 2 is 1.46 bits per heavy atom. The molecule has 0 saturated carbocycles. The molecule has 0 radical (unpaired) electrons. The first-order chi connectivity index (χ1) is 13.5. The summed E-state index contributed by atoms with van der Waals surface area (Å²) in [5, 5.41) is 0. The van der Waals surface area contributed by atoms with Gasteiger partial charge < -0.3 is 4.48 Å². The molecule has 2 bridgehead atoms. The zero-order valence-electron chi connectivity index (χ0n) is 18.7. The zero-order chi connectivity index (χ0) is 20.3. The Balaban J connectivity index is 1.50. The Morgan fingerprint density at radius 1 is 0.893 bits per heavy atom. The number of phosphoric acid groups is 1. The van der Waals surface area contributed by atoms with E-state index in [1.54, 1.807) is 0 Å². The normalized spacial score (nSPS) is 29.5. The highest BCUT2D eigenvalue weighted by molar-refractivity contribution is 7.48. The molecule has 3 unspecified atom stereocenters. The molecule has 2 fully saturated rings. The standard InChI is InChI=1S/C22H45NO4P/c1-4-5-6-7-8-9-10-11-12-13-14-15-19-25-28(24)26-21-17-16-18-23(2,3)22(20-21)27-28/h21-22H,4-20H2,1-3H3/q+1. The van der Waals surface area contributed by atoms with Crippen LogP contribution in [0.25, 0.3) is 0 Å². The molecule has 2 rings (SSSR count). The summed E-state index contributed by atoms with van der Waals surface area (Å²) in [6.45, 7) is 3.77. The van der Waals surface area contributed by atoms with Gasteiger partial charge in [0.05, 0.1) is 39.8 Å². The predicted octanol–water partition coefficient (Wildman–Crippen LogP) is 6.81. The highest BCUT2D eigenvalue weighted by atomic mass is 31.2. The Hall–Kier alpha value is 0.0700. The van der Waals surface area contributed by atoms with E-state index in [0.717, 1.165) is 43.1 Å². The smallest absolute Gasteiger partial charge is 0.303 e. The summed E-state index contributed by atoms with van der Waals surface area (Å²) in [4.78, 5) is 0. The molecule has 0 aromatic rings. The lowest BCUT2D eigenvalue weighted by atomic mass is 10.1. The molecule has 0 aromatic carbocycles. The van der Waals surface area contributed by atoms with Crippen molar-refractivity contribution in [2.45, 2.75) is 116 Å². The fraction of sp³-hybridized carbons (Fsp3) is 1.00. The maximum atomic E-state index is 12.9. The van der Waals surface area contributed by atoms with Crippen LogP contribution in [0, 0.1) is 0 Å². The van der Waals surface area contributed by atoms with Crippen molar-refractivity contribution in [3.8, 4) is 0 Å². The van der Waals surface area contributed by atoms with E-state index in [2.05, 4.69) is 21.0 Å². The van der Waals surface area contributed by atoms with E-state index in [1.165, 1.54) is 64.2 Å². The second kappa shape index (κ2) is 12.7. The average Bonchev–Trinajstić information content (AvgIpc) is 2.74. The maximum absolute atomic E-state index is 12.9. The molecule has 6 heteroatoms. The molecular formula is C22H45NO4P+. The van der Waals surface area contributed by atoms with Gasteiger partial charge in [0, 0.05) is 0 Å². The molecule has 166 valence electrons. The number of fused-ring (bicyclic) bond motifs is 2. The lowest BCUT2D eigenvalue weighted by molar-refractivity contribution is -0.933. The molecular weight excluding hydrogens is 373 g/mol. The molecule has 5 nitrogen and oxygen atoms in total.